The van der Waals surface area contributed by atoms with Crippen LogP contribution in [0.3, 0.4) is 0 Å². The Morgan fingerprint density at radius 2 is 2.26 bits per heavy atom. The molecule has 0 bridgehead atoms. The van der Waals surface area contributed by atoms with Gasteiger partial charge >= 0.3 is 0 Å². The largest absolute Gasteiger partial charge is 0.381 e. The minimum atomic E-state index is -0.779. The zero-order valence-electron chi connectivity index (χ0n) is 10.8. The van der Waals surface area contributed by atoms with Crippen molar-refractivity contribution in [3.8, 4) is 0 Å². The Morgan fingerprint density at radius 3 is 2.84 bits per heavy atom. The van der Waals surface area contributed by atoms with Gasteiger partial charge in [-0.2, -0.15) is 5.10 Å². The summed E-state index contributed by atoms with van der Waals surface area (Å²) in [6, 6.07) is 4.19. The number of primary amides is 1. The van der Waals surface area contributed by atoms with E-state index >= 15 is 0 Å². The Morgan fingerprint density at radius 1 is 1.53 bits per heavy atom. The highest BCUT2D eigenvalue weighted by Crippen LogP contribution is 2.16. The number of rotatable bonds is 4. The van der Waals surface area contributed by atoms with Gasteiger partial charge < -0.3 is 11.1 Å². The summed E-state index contributed by atoms with van der Waals surface area (Å²) >= 11 is 0. The Balaban J connectivity index is 2.14. The van der Waals surface area contributed by atoms with E-state index in [9.17, 15) is 9.18 Å². The minimum absolute atomic E-state index is 0.118. The van der Waals surface area contributed by atoms with Gasteiger partial charge in [-0.05, 0) is 25.1 Å². The van der Waals surface area contributed by atoms with Crippen LogP contribution in [-0.4, -0.2) is 15.7 Å². The quantitative estimate of drug-likeness (QED) is 0.878. The molecule has 0 aliphatic heterocycles. The number of aryl methyl sites for hydroxylation is 2. The molecule has 1 heterocycles. The van der Waals surface area contributed by atoms with Crippen molar-refractivity contribution in [3.63, 3.8) is 0 Å². The number of carbonyl (C=O) groups is 1. The number of anilines is 1. The number of hydrogen-bond donors (Lipinski definition) is 2. The van der Waals surface area contributed by atoms with Crippen LogP contribution in [0.2, 0.25) is 0 Å². The summed E-state index contributed by atoms with van der Waals surface area (Å²) in [7, 11) is 1.85. The molecule has 0 saturated heterocycles. The number of nitrogens with zero attached hydrogens (tertiary/aromatic N) is 2. The lowest BCUT2D eigenvalue weighted by Crippen LogP contribution is -2.13. The second-order valence-electron chi connectivity index (χ2n) is 4.33. The van der Waals surface area contributed by atoms with E-state index in [0.717, 1.165) is 11.3 Å². The third kappa shape index (κ3) is 2.90. The zero-order chi connectivity index (χ0) is 14.0. The summed E-state index contributed by atoms with van der Waals surface area (Å²) in [5.74, 6) is -1.39. The predicted octanol–water partition coefficient (Wildman–Crippen LogP) is 1.58. The van der Waals surface area contributed by atoms with Gasteiger partial charge in [0.1, 0.15) is 5.82 Å². The molecule has 2 aromatic rings. The van der Waals surface area contributed by atoms with E-state index in [4.69, 9.17) is 5.73 Å². The average molecular weight is 262 g/mol. The van der Waals surface area contributed by atoms with Crippen LogP contribution < -0.4 is 11.1 Å². The van der Waals surface area contributed by atoms with Gasteiger partial charge in [-0.1, -0.05) is 0 Å². The van der Waals surface area contributed by atoms with E-state index in [1.807, 2.05) is 20.2 Å². The van der Waals surface area contributed by atoms with E-state index < -0.39 is 11.7 Å². The number of benzene rings is 1. The van der Waals surface area contributed by atoms with Crippen molar-refractivity contribution in [2.24, 2.45) is 12.8 Å². The normalized spacial score (nSPS) is 10.5. The van der Waals surface area contributed by atoms with E-state index in [-0.39, 0.29) is 5.56 Å². The van der Waals surface area contributed by atoms with E-state index in [2.05, 4.69) is 10.4 Å². The van der Waals surface area contributed by atoms with Crippen molar-refractivity contribution in [1.82, 2.24) is 9.78 Å². The SMILES string of the molecule is Cc1nn(C)cc1CNc1ccc(F)c(C(N)=O)c1. The molecule has 0 unspecified atom stereocenters. The van der Waals surface area contributed by atoms with Gasteiger partial charge in [0.25, 0.3) is 5.91 Å². The molecule has 0 aliphatic carbocycles. The van der Waals surface area contributed by atoms with Gasteiger partial charge in [0, 0.05) is 31.0 Å². The van der Waals surface area contributed by atoms with E-state index in [1.165, 1.54) is 12.1 Å². The second kappa shape index (κ2) is 5.09. The van der Waals surface area contributed by atoms with E-state index in [1.54, 1.807) is 10.7 Å². The first-order valence-corrected chi connectivity index (χ1v) is 5.79. The lowest BCUT2D eigenvalue weighted by atomic mass is 10.1. The van der Waals surface area contributed by atoms with Gasteiger partial charge in [0.15, 0.2) is 0 Å². The Bertz CT molecular complexity index is 621. The Kier molecular flexibility index (Phi) is 3.50. The van der Waals surface area contributed by atoms with Crippen molar-refractivity contribution in [1.29, 1.82) is 0 Å². The third-order valence-electron chi connectivity index (χ3n) is 2.83. The van der Waals surface area contributed by atoms with Crippen LogP contribution in [0.5, 0.6) is 0 Å². The number of hydrogen-bond acceptors (Lipinski definition) is 3. The average Bonchev–Trinajstić information content (AvgIpc) is 2.66. The topological polar surface area (TPSA) is 72.9 Å². The lowest BCUT2D eigenvalue weighted by molar-refractivity contribution is 0.0996. The predicted molar refractivity (Wildman–Crippen MR) is 70.2 cm³/mol. The molecule has 1 amide bonds. The molecule has 19 heavy (non-hydrogen) atoms. The van der Waals surface area contributed by atoms with Crippen LogP contribution in [0.1, 0.15) is 21.6 Å². The molecule has 0 saturated carbocycles. The fourth-order valence-corrected chi connectivity index (χ4v) is 1.84. The van der Waals surface area contributed by atoms with Crippen molar-refractivity contribution in [2.45, 2.75) is 13.5 Å². The number of carbonyl (C=O) groups excluding carboxylic acids is 1. The summed E-state index contributed by atoms with van der Waals surface area (Å²) in [5.41, 5.74) is 7.58. The van der Waals surface area contributed by atoms with Crippen LogP contribution >= 0.6 is 0 Å². The number of nitrogens with two attached hydrogens (primary N) is 1. The highest BCUT2D eigenvalue weighted by atomic mass is 19.1. The zero-order valence-corrected chi connectivity index (χ0v) is 10.8. The van der Waals surface area contributed by atoms with Crippen molar-refractivity contribution in [2.75, 3.05) is 5.32 Å². The number of halogens is 1. The number of amides is 1. The molecule has 5 nitrogen and oxygen atoms in total. The number of aromatic nitrogens is 2. The van der Waals surface area contributed by atoms with Crippen LogP contribution in [0.4, 0.5) is 10.1 Å². The van der Waals surface area contributed by atoms with Gasteiger partial charge in [0.2, 0.25) is 0 Å². The fraction of sp³-hybridized carbons (Fsp3) is 0.231. The van der Waals surface area contributed by atoms with Crippen molar-refractivity contribution in [3.05, 3.63) is 47.0 Å². The summed E-state index contributed by atoms with van der Waals surface area (Å²) < 4.78 is 15.0. The monoisotopic (exact) mass is 262 g/mol. The van der Waals surface area contributed by atoms with Crippen LogP contribution in [0.25, 0.3) is 0 Å². The third-order valence-corrected chi connectivity index (χ3v) is 2.83. The van der Waals surface area contributed by atoms with Crippen LogP contribution in [0, 0.1) is 12.7 Å². The van der Waals surface area contributed by atoms with Crippen molar-refractivity contribution >= 4 is 11.6 Å². The molecule has 0 atom stereocenters. The van der Waals surface area contributed by atoms with Crippen LogP contribution in [0.15, 0.2) is 24.4 Å². The highest BCUT2D eigenvalue weighted by molar-refractivity contribution is 5.94. The smallest absolute Gasteiger partial charge is 0.251 e. The highest BCUT2D eigenvalue weighted by Gasteiger charge is 2.09. The Hall–Kier alpha value is -2.37. The molecule has 6 heteroatoms. The molecule has 0 aliphatic rings. The maximum atomic E-state index is 13.3. The maximum Gasteiger partial charge on any atom is 0.251 e. The first kappa shape index (κ1) is 13.1. The lowest BCUT2D eigenvalue weighted by Gasteiger charge is -2.07. The summed E-state index contributed by atoms with van der Waals surface area (Å²) in [6.45, 7) is 2.46. The minimum Gasteiger partial charge on any atom is -0.381 e. The maximum absolute atomic E-state index is 13.3. The molecule has 1 aromatic heterocycles. The molecule has 0 radical (unpaired) electrons. The molecule has 2 rings (SSSR count). The molecule has 1 aromatic carbocycles. The molecular weight excluding hydrogens is 247 g/mol. The second-order valence-corrected chi connectivity index (χ2v) is 4.33. The van der Waals surface area contributed by atoms with Gasteiger partial charge in [0.05, 0.1) is 11.3 Å². The number of nitrogens with one attached hydrogen (secondary N) is 1. The van der Waals surface area contributed by atoms with Crippen LogP contribution in [-0.2, 0) is 13.6 Å². The molecule has 0 spiro atoms. The summed E-state index contributed by atoms with van der Waals surface area (Å²) in [5, 5.41) is 7.34. The standard InChI is InChI=1S/C13H15FN4O/c1-8-9(7-18(2)17-8)6-16-10-3-4-12(14)11(5-10)13(15)19/h3-5,7,16H,6H2,1-2H3,(H2,15,19). The van der Waals surface area contributed by atoms with Gasteiger partial charge in [-0.3, -0.25) is 9.48 Å². The molecule has 100 valence electrons. The summed E-state index contributed by atoms with van der Waals surface area (Å²) in [4.78, 5) is 11.0. The van der Waals surface area contributed by atoms with Gasteiger partial charge in [-0.15, -0.1) is 0 Å². The molecule has 3 N–H and O–H groups in total. The van der Waals surface area contributed by atoms with E-state index in [0.29, 0.717) is 12.2 Å². The molecule has 0 fully saturated rings. The molecular formula is C13H15FN4O. The first-order valence-electron chi connectivity index (χ1n) is 5.79. The fourth-order valence-electron chi connectivity index (χ4n) is 1.84. The van der Waals surface area contributed by atoms with Crippen molar-refractivity contribution < 1.29 is 9.18 Å². The van der Waals surface area contributed by atoms with Gasteiger partial charge in [-0.25, -0.2) is 4.39 Å². The first-order chi connectivity index (χ1) is 8.97. The summed E-state index contributed by atoms with van der Waals surface area (Å²) in [6.07, 6.45) is 1.90. The Labute approximate surface area is 110 Å².